The molecule has 2 aromatic carbocycles. The number of anilines is 1. The molecule has 2 N–H and O–H groups in total. The van der Waals surface area contributed by atoms with Gasteiger partial charge in [0.25, 0.3) is 0 Å². The second kappa shape index (κ2) is 9.84. The van der Waals surface area contributed by atoms with Crippen LogP contribution in [0.4, 0.5) is 5.69 Å². The predicted octanol–water partition coefficient (Wildman–Crippen LogP) is 4.27. The summed E-state index contributed by atoms with van der Waals surface area (Å²) < 4.78 is 6.58. The van der Waals surface area contributed by atoms with Gasteiger partial charge in [-0.1, -0.05) is 55.7 Å². The molecule has 5 atom stereocenters. The summed E-state index contributed by atoms with van der Waals surface area (Å²) in [6, 6.07) is 15.1. The van der Waals surface area contributed by atoms with Crippen LogP contribution >= 0.6 is 0 Å². The lowest BCUT2D eigenvalue weighted by molar-refractivity contribution is -0.142. The van der Waals surface area contributed by atoms with E-state index in [4.69, 9.17) is 4.74 Å². The molecule has 2 aromatic rings. The molecular formula is C31H37N3O4. The van der Waals surface area contributed by atoms with E-state index >= 15 is 0 Å². The van der Waals surface area contributed by atoms with Gasteiger partial charge in [0.2, 0.25) is 17.7 Å². The van der Waals surface area contributed by atoms with Crippen molar-refractivity contribution in [3.63, 3.8) is 0 Å². The Labute approximate surface area is 224 Å². The van der Waals surface area contributed by atoms with Crippen LogP contribution in [0.25, 0.3) is 0 Å². The zero-order chi connectivity index (χ0) is 26.4. The van der Waals surface area contributed by atoms with Crippen molar-refractivity contribution in [2.45, 2.75) is 89.1 Å². The minimum absolute atomic E-state index is 0.127. The van der Waals surface area contributed by atoms with Crippen molar-refractivity contribution in [2.24, 2.45) is 11.8 Å². The fraction of sp³-hybridized carbons (Fsp3) is 0.516. The predicted molar refractivity (Wildman–Crippen MR) is 144 cm³/mol. The first kappa shape index (κ1) is 25.1. The third-order valence-corrected chi connectivity index (χ3v) is 8.99. The summed E-state index contributed by atoms with van der Waals surface area (Å²) >= 11 is 0. The lowest BCUT2D eigenvalue weighted by Crippen LogP contribution is -2.56. The molecule has 200 valence electrons. The van der Waals surface area contributed by atoms with Gasteiger partial charge in [-0.3, -0.25) is 14.4 Å². The molecule has 0 aromatic heterocycles. The molecule has 0 radical (unpaired) electrons. The van der Waals surface area contributed by atoms with Crippen LogP contribution in [-0.2, 0) is 25.7 Å². The van der Waals surface area contributed by atoms with Crippen LogP contribution in [0.3, 0.4) is 0 Å². The number of fused-ring (bicyclic) bond motifs is 1. The minimum atomic E-state index is -0.972. The average molecular weight is 516 g/mol. The summed E-state index contributed by atoms with van der Waals surface area (Å²) in [5.41, 5.74) is 2.83. The van der Waals surface area contributed by atoms with Gasteiger partial charge in [-0.2, -0.15) is 0 Å². The third-order valence-electron chi connectivity index (χ3n) is 8.99. The van der Waals surface area contributed by atoms with Crippen LogP contribution in [0.1, 0.15) is 61.6 Å². The molecule has 1 aliphatic carbocycles. The van der Waals surface area contributed by atoms with E-state index < -0.39 is 23.5 Å². The highest BCUT2D eigenvalue weighted by Crippen LogP contribution is 2.58. The number of nitrogens with zero attached hydrogens (tertiary/aromatic N) is 1. The summed E-state index contributed by atoms with van der Waals surface area (Å²) in [5.74, 6) is -1.78. The first-order chi connectivity index (χ1) is 18.4. The van der Waals surface area contributed by atoms with Crippen LogP contribution in [0.2, 0.25) is 0 Å². The Morgan fingerprint density at radius 3 is 2.39 bits per heavy atom. The molecule has 3 saturated heterocycles. The summed E-state index contributed by atoms with van der Waals surface area (Å²) in [6.45, 7) is 4.31. The van der Waals surface area contributed by atoms with E-state index in [0.29, 0.717) is 19.4 Å². The molecule has 6 rings (SSSR count). The SMILES string of the molecule is Cc1cc(C)cc(NC(=O)C2C3CCC4(O3)C2C(=O)N(Cc2ccccc2)C4C(=O)NC2CCCCC2)c1. The molecule has 4 aliphatic rings. The van der Waals surface area contributed by atoms with E-state index in [1.54, 1.807) is 4.90 Å². The normalized spacial score (nSPS) is 30.4. The van der Waals surface area contributed by atoms with Crippen molar-refractivity contribution >= 4 is 23.4 Å². The Morgan fingerprint density at radius 1 is 0.974 bits per heavy atom. The van der Waals surface area contributed by atoms with Gasteiger partial charge in [-0.15, -0.1) is 0 Å². The van der Waals surface area contributed by atoms with Crippen molar-refractivity contribution in [2.75, 3.05) is 5.32 Å². The molecule has 7 heteroatoms. The molecule has 2 bridgehead atoms. The van der Waals surface area contributed by atoms with E-state index in [0.717, 1.165) is 48.1 Å². The Balaban J connectivity index is 1.32. The number of ether oxygens (including phenoxy) is 1. The van der Waals surface area contributed by atoms with Crippen LogP contribution in [0.15, 0.2) is 48.5 Å². The van der Waals surface area contributed by atoms with Crippen molar-refractivity contribution < 1.29 is 19.1 Å². The van der Waals surface area contributed by atoms with Gasteiger partial charge >= 0.3 is 0 Å². The standard InChI is InChI=1S/C31H37N3O4/c1-19-15-20(2)17-23(16-19)33-28(35)25-24-13-14-31(38-24)26(25)30(37)34(18-21-9-5-3-6-10-21)27(31)29(36)32-22-11-7-4-8-12-22/h3,5-6,9-10,15-17,22,24-27H,4,7-8,11-14,18H2,1-2H3,(H,32,36)(H,33,35). The van der Waals surface area contributed by atoms with Gasteiger partial charge in [0.15, 0.2) is 0 Å². The van der Waals surface area contributed by atoms with E-state index in [9.17, 15) is 14.4 Å². The highest BCUT2D eigenvalue weighted by Gasteiger charge is 2.74. The molecular weight excluding hydrogens is 478 g/mol. The second-order valence-corrected chi connectivity index (χ2v) is 11.7. The van der Waals surface area contributed by atoms with Gasteiger partial charge in [-0.05, 0) is 68.4 Å². The van der Waals surface area contributed by atoms with E-state index in [1.807, 2.05) is 56.3 Å². The topological polar surface area (TPSA) is 87.7 Å². The Kier molecular flexibility index (Phi) is 6.50. The molecule has 3 heterocycles. The summed E-state index contributed by atoms with van der Waals surface area (Å²) in [5, 5.41) is 6.33. The van der Waals surface area contributed by atoms with E-state index in [1.165, 1.54) is 6.42 Å². The van der Waals surface area contributed by atoms with Gasteiger partial charge in [-0.25, -0.2) is 0 Å². The minimum Gasteiger partial charge on any atom is -0.367 e. The quantitative estimate of drug-likeness (QED) is 0.602. The largest absolute Gasteiger partial charge is 0.367 e. The van der Waals surface area contributed by atoms with E-state index in [-0.39, 0.29) is 29.9 Å². The fourth-order valence-electron chi connectivity index (χ4n) is 7.50. The maximum atomic E-state index is 14.1. The first-order valence-corrected chi connectivity index (χ1v) is 14.1. The Bertz CT molecular complexity index is 1220. The number of likely N-dealkylation sites (tertiary alicyclic amines) is 1. The highest BCUT2D eigenvalue weighted by molar-refractivity contribution is 6.02. The maximum absolute atomic E-state index is 14.1. The number of amides is 3. The van der Waals surface area contributed by atoms with Gasteiger partial charge in [0.1, 0.15) is 11.6 Å². The number of carbonyl (C=O) groups excluding carboxylic acids is 3. The molecule has 4 fully saturated rings. The molecule has 1 spiro atoms. The number of nitrogens with one attached hydrogen (secondary N) is 2. The molecule has 3 aliphatic heterocycles. The maximum Gasteiger partial charge on any atom is 0.246 e. The van der Waals surface area contributed by atoms with Crippen molar-refractivity contribution in [3.8, 4) is 0 Å². The van der Waals surface area contributed by atoms with Crippen molar-refractivity contribution in [1.29, 1.82) is 0 Å². The molecule has 7 nitrogen and oxygen atoms in total. The highest BCUT2D eigenvalue weighted by atomic mass is 16.5. The number of hydrogen-bond donors (Lipinski definition) is 2. The van der Waals surface area contributed by atoms with Gasteiger partial charge in [0.05, 0.1) is 17.9 Å². The zero-order valence-corrected chi connectivity index (χ0v) is 22.2. The number of carbonyl (C=O) groups is 3. The van der Waals surface area contributed by atoms with Crippen LogP contribution in [0.5, 0.6) is 0 Å². The number of hydrogen-bond acceptors (Lipinski definition) is 4. The lowest BCUT2D eigenvalue weighted by atomic mass is 9.70. The second-order valence-electron chi connectivity index (χ2n) is 11.7. The number of benzene rings is 2. The molecule has 1 saturated carbocycles. The smallest absolute Gasteiger partial charge is 0.246 e. The van der Waals surface area contributed by atoms with E-state index in [2.05, 4.69) is 16.7 Å². The monoisotopic (exact) mass is 515 g/mol. The van der Waals surface area contributed by atoms with Crippen molar-refractivity contribution in [1.82, 2.24) is 10.2 Å². The number of rotatable bonds is 6. The average Bonchev–Trinajstić information content (AvgIpc) is 3.52. The van der Waals surface area contributed by atoms with Crippen LogP contribution < -0.4 is 10.6 Å². The zero-order valence-electron chi connectivity index (χ0n) is 22.2. The molecule has 3 amide bonds. The van der Waals surface area contributed by atoms with Gasteiger partial charge in [0, 0.05) is 18.3 Å². The molecule has 38 heavy (non-hydrogen) atoms. The molecule has 5 unspecified atom stereocenters. The Morgan fingerprint density at radius 2 is 1.68 bits per heavy atom. The third kappa shape index (κ3) is 4.31. The fourth-order valence-corrected chi connectivity index (χ4v) is 7.50. The number of aryl methyl sites for hydroxylation is 2. The Hall–Kier alpha value is -3.19. The van der Waals surface area contributed by atoms with Crippen molar-refractivity contribution in [3.05, 3.63) is 65.2 Å². The van der Waals surface area contributed by atoms with Crippen LogP contribution in [-0.4, -0.2) is 46.4 Å². The summed E-state index contributed by atoms with van der Waals surface area (Å²) in [4.78, 5) is 43.5. The summed E-state index contributed by atoms with van der Waals surface area (Å²) in [7, 11) is 0. The first-order valence-electron chi connectivity index (χ1n) is 14.1. The van der Waals surface area contributed by atoms with Crippen LogP contribution in [0, 0.1) is 25.7 Å². The summed E-state index contributed by atoms with van der Waals surface area (Å²) in [6.07, 6.45) is 6.25. The lowest BCUT2D eigenvalue weighted by Gasteiger charge is -2.35. The van der Waals surface area contributed by atoms with Gasteiger partial charge < -0.3 is 20.3 Å².